The summed E-state index contributed by atoms with van der Waals surface area (Å²) in [5.74, 6) is -0.827. The first-order valence-corrected chi connectivity index (χ1v) is 7.56. The SMILES string of the molecule is O=C(O)CCS(=O)(=O)N1CCS(=O)CC1. The molecule has 1 fully saturated rings. The van der Waals surface area contributed by atoms with Gasteiger partial charge in [-0.1, -0.05) is 0 Å². The molecule has 0 aromatic rings. The summed E-state index contributed by atoms with van der Waals surface area (Å²) in [5, 5.41) is 8.39. The Labute approximate surface area is 90.8 Å². The molecule has 6 nitrogen and oxygen atoms in total. The van der Waals surface area contributed by atoms with Crippen molar-refractivity contribution in [1.82, 2.24) is 4.31 Å². The summed E-state index contributed by atoms with van der Waals surface area (Å²) in [6, 6.07) is 0. The zero-order valence-electron chi connectivity index (χ0n) is 8.09. The van der Waals surface area contributed by atoms with Crippen LogP contribution in [-0.4, -0.2) is 58.4 Å². The first-order chi connectivity index (χ1) is 6.92. The Hall–Kier alpha value is -0.470. The maximum Gasteiger partial charge on any atom is 0.304 e. The summed E-state index contributed by atoms with van der Waals surface area (Å²) < 4.78 is 35.3. The van der Waals surface area contributed by atoms with Gasteiger partial charge in [-0.25, -0.2) is 12.7 Å². The van der Waals surface area contributed by atoms with E-state index in [0.717, 1.165) is 0 Å². The van der Waals surface area contributed by atoms with Crippen molar-refractivity contribution in [2.75, 3.05) is 30.3 Å². The molecule has 0 amide bonds. The van der Waals surface area contributed by atoms with Crippen molar-refractivity contribution in [3.8, 4) is 0 Å². The van der Waals surface area contributed by atoms with Crippen molar-refractivity contribution < 1.29 is 22.5 Å². The van der Waals surface area contributed by atoms with Gasteiger partial charge in [-0.2, -0.15) is 0 Å². The molecule has 0 radical (unpaired) electrons. The predicted octanol–water partition coefficient (Wildman–Crippen LogP) is -1.14. The van der Waals surface area contributed by atoms with Crippen LogP contribution in [0.1, 0.15) is 6.42 Å². The molecule has 88 valence electrons. The van der Waals surface area contributed by atoms with Crippen LogP contribution in [0.5, 0.6) is 0 Å². The molecule has 15 heavy (non-hydrogen) atoms. The van der Waals surface area contributed by atoms with E-state index in [1.165, 1.54) is 4.31 Å². The Bertz CT molecular complexity index is 354. The fourth-order valence-electron chi connectivity index (χ4n) is 1.24. The van der Waals surface area contributed by atoms with Gasteiger partial charge in [0, 0.05) is 35.4 Å². The number of sulfonamides is 1. The highest BCUT2D eigenvalue weighted by Gasteiger charge is 2.26. The van der Waals surface area contributed by atoms with Crippen LogP contribution in [0.4, 0.5) is 0 Å². The van der Waals surface area contributed by atoms with E-state index in [-0.39, 0.29) is 25.3 Å². The number of hydrogen-bond donors (Lipinski definition) is 1. The van der Waals surface area contributed by atoms with Crippen molar-refractivity contribution in [2.24, 2.45) is 0 Å². The molecule has 0 saturated carbocycles. The van der Waals surface area contributed by atoms with Gasteiger partial charge in [0.15, 0.2) is 0 Å². The van der Waals surface area contributed by atoms with Crippen molar-refractivity contribution in [3.63, 3.8) is 0 Å². The van der Waals surface area contributed by atoms with E-state index in [2.05, 4.69) is 0 Å². The standard InChI is InChI=1S/C7H13NO5S2/c9-7(10)1-6-15(12,13)8-2-4-14(11)5-3-8/h1-6H2,(H,9,10). The highest BCUT2D eigenvalue weighted by molar-refractivity contribution is 7.89. The topological polar surface area (TPSA) is 91.8 Å². The quantitative estimate of drug-likeness (QED) is 0.685. The van der Waals surface area contributed by atoms with Gasteiger partial charge in [0.1, 0.15) is 0 Å². The van der Waals surface area contributed by atoms with Gasteiger partial charge in [0.2, 0.25) is 10.0 Å². The van der Waals surface area contributed by atoms with E-state index in [9.17, 15) is 17.4 Å². The zero-order chi connectivity index (χ0) is 11.5. The zero-order valence-corrected chi connectivity index (χ0v) is 9.72. The van der Waals surface area contributed by atoms with Crippen LogP contribution in [0.2, 0.25) is 0 Å². The maximum absolute atomic E-state index is 11.6. The minimum Gasteiger partial charge on any atom is -0.481 e. The number of hydrogen-bond acceptors (Lipinski definition) is 4. The highest BCUT2D eigenvalue weighted by Crippen LogP contribution is 2.08. The van der Waals surface area contributed by atoms with Crippen LogP contribution in [0, 0.1) is 0 Å². The van der Waals surface area contributed by atoms with Crippen molar-refractivity contribution in [3.05, 3.63) is 0 Å². The van der Waals surface area contributed by atoms with Gasteiger partial charge < -0.3 is 5.11 Å². The molecule has 1 aliphatic rings. The van der Waals surface area contributed by atoms with Crippen LogP contribution >= 0.6 is 0 Å². The molecule has 0 atom stereocenters. The second-order valence-corrected chi connectivity index (χ2v) is 6.99. The largest absolute Gasteiger partial charge is 0.481 e. The fourth-order valence-corrected chi connectivity index (χ4v) is 3.96. The van der Waals surface area contributed by atoms with Gasteiger partial charge in [-0.15, -0.1) is 0 Å². The normalized spacial score (nSPS) is 20.3. The van der Waals surface area contributed by atoms with Crippen LogP contribution in [-0.2, 0) is 25.6 Å². The van der Waals surface area contributed by atoms with E-state index in [4.69, 9.17) is 5.11 Å². The summed E-state index contributed by atoms with van der Waals surface area (Å²) in [6.07, 6.45) is -0.387. The molecule has 8 heteroatoms. The number of carboxylic acids is 1. The van der Waals surface area contributed by atoms with Crippen LogP contribution in [0.15, 0.2) is 0 Å². The van der Waals surface area contributed by atoms with Gasteiger partial charge in [-0.3, -0.25) is 9.00 Å². The predicted molar refractivity (Wildman–Crippen MR) is 55.5 cm³/mol. The third-order valence-corrected chi connectivity index (χ3v) is 5.25. The Morgan fingerprint density at radius 1 is 1.33 bits per heavy atom. The Kier molecular flexibility index (Phi) is 4.23. The summed E-state index contributed by atoms with van der Waals surface area (Å²) in [7, 11) is -4.41. The third kappa shape index (κ3) is 3.88. The number of carbonyl (C=O) groups is 1. The fraction of sp³-hybridized carbons (Fsp3) is 0.857. The summed E-state index contributed by atoms with van der Waals surface area (Å²) in [5.41, 5.74) is 0. The molecule has 0 unspecified atom stereocenters. The van der Waals surface area contributed by atoms with Crippen molar-refractivity contribution in [2.45, 2.75) is 6.42 Å². The molecule has 1 rings (SSSR count). The number of carboxylic acid groups (broad SMARTS) is 1. The van der Waals surface area contributed by atoms with Gasteiger partial charge in [0.05, 0.1) is 12.2 Å². The number of nitrogens with zero attached hydrogens (tertiary/aromatic N) is 1. The lowest BCUT2D eigenvalue weighted by Crippen LogP contribution is -2.43. The van der Waals surface area contributed by atoms with Crippen LogP contribution < -0.4 is 0 Å². The van der Waals surface area contributed by atoms with Gasteiger partial charge >= 0.3 is 5.97 Å². The first kappa shape index (κ1) is 12.6. The number of rotatable bonds is 4. The van der Waals surface area contributed by atoms with Crippen LogP contribution in [0.25, 0.3) is 0 Å². The molecule has 1 N–H and O–H groups in total. The lowest BCUT2D eigenvalue weighted by molar-refractivity contribution is -0.136. The summed E-state index contributed by atoms with van der Waals surface area (Å²) in [6.45, 7) is 0.461. The second kappa shape index (κ2) is 5.04. The van der Waals surface area contributed by atoms with E-state index in [1.54, 1.807) is 0 Å². The Morgan fingerprint density at radius 2 is 1.87 bits per heavy atom. The van der Waals surface area contributed by atoms with Gasteiger partial charge in [-0.05, 0) is 0 Å². The molecule has 0 spiro atoms. The lowest BCUT2D eigenvalue weighted by Gasteiger charge is -2.25. The molecule has 1 saturated heterocycles. The minimum atomic E-state index is -3.48. The molecule has 0 bridgehead atoms. The molecular formula is C7H13NO5S2. The molecular weight excluding hydrogens is 242 g/mol. The average Bonchev–Trinajstić information content (AvgIpc) is 2.16. The molecule has 0 aromatic heterocycles. The van der Waals surface area contributed by atoms with Crippen molar-refractivity contribution >= 4 is 26.8 Å². The Morgan fingerprint density at radius 3 is 2.33 bits per heavy atom. The first-order valence-electron chi connectivity index (χ1n) is 4.46. The van der Waals surface area contributed by atoms with Crippen LogP contribution in [0.3, 0.4) is 0 Å². The van der Waals surface area contributed by atoms with E-state index < -0.39 is 26.8 Å². The molecule has 0 aliphatic carbocycles. The molecule has 1 heterocycles. The summed E-state index contributed by atoms with van der Waals surface area (Å²) >= 11 is 0. The van der Waals surface area contributed by atoms with Gasteiger partial charge in [0.25, 0.3) is 0 Å². The Balaban J connectivity index is 2.54. The number of aliphatic carboxylic acids is 1. The monoisotopic (exact) mass is 255 g/mol. The van der Waals surface area contributed by atoms with E-state index in [0.29, 0.717) is 11.5 Å². The minimum absolute atomic E-state index is 0.231. The highest BCUT2D eigenvalue weighted by atomic mass is 32.2. The van der Waals surface area contributed by atoms with E-state index in [1.807, 2.05) is 0 Å². The van der Waals surface area contributed by atoms with Crippen molar-refractivity contribution in [1.29, 1.82) is 0 Å². The molecule has 0 aromatic carbocycles. The second-order valence-electron chi connectivity index (χ2n) is 3.21. The lowest BCUT2D eigenvalue weighted by atomic mass is 10.5. The smallest absolute Gasteiger partial charge is 0.304 e. The molecule has 1 aliphatic heterocycles. The average molecular weight is 255 g/mol. The third-order valence-electron chi connectivity index (χ3n) is 2.10. The van der Waals surface area contributed by atoms with E-state index >= 15 is 0 Å². The maximum atomic E-state index is 11.6. The summed E-state index contributed by atoms with van der Waals surface area (Å²) in [4.78, 5) is 10.2.